The van der Waals surface area contributed by atoms with Crippen molar-refractivity contribution in [2.45, 2.75) is 50.2 Å². The summed E-state index contributed by atoms with van der Waals surface area (Å²) in [5.41, 5.74) is 0.251. The monoisotopic (exact) mass is 313 g/mol. The van der Waals surface area contributed by atoms with E-state index in [1.807, 2.05) is 0 Å². The van der Waals surface area contributed by atoms with Crippen molar-refractivity contribution in [2.75, 3.05) is 0 Å². The fourth-order valence-electron chi connectivity index (χ4n) is 2.81. The van der Waals surface area contributed by atoms with Crippen LogP contribution in [0, 0.1) is 24.6 Å². The molecular weight excluding hydrogens is 293 g/mol. The van der Waals surface area contributed by atoms with E-state index in [1.54, 1.807) is 0 Å². The summed E-state index contributed by atoms with van der Waals surface area (Å²) in [6, 6.07) is 2.56. The number of aryl methyl sites for hydroxylation is 1. The predicted molar refractivity (Wildman–Crippen MR) is 76.6 cm³/mol. The molecular formula is C15H20FNO3S. The highest BCUT2D eigenvalue weighted by molar-refractivity contribution is 7.89. The van der Waals surface area contributed by atoms with Gasteiger partial charge in [-0.25, -0.2) is 17.5 Å². The maximum Gasteiger partial charge on any atom is 0.240 e. The number of sulfonamides is 1. The van der Waals surface area contributed by atoms with Gasteiger partial charge < -0.3 is 5.11 Å². The van der Waals surface area contributed by atoms with Gasteiger partial charge in [-0.05, 0) is 62.1 Å². The van der Waals surface area contributed by atoms with Crippen LogP contribution in [-0.2, 0) is 16.6 Å². The van der Waals surface area contributed by atoms with Crippen LogP contribution in [0.5, 0.6) is 0 Å². The molecule has 116 valence electrons. The minimum Gasteiger partial charge on any atom is -0.392 e. The number of aliphatic hydroxyl groups is 1. The quantitative estimate of drug-likeness (QED) is 0.845. The Morgan fingerprint density at radius 2 is 1.86 bits per heavy atom. The van der Waals surface area contributed by atoms with E-state index in [4.69, 9.17) is 5.11 Å². The first-order valence-corrected chi connectivity index (χ1v) is 8.83. The van der Waals surface area contributed by atoms with Gasteiger partial charge in [0.25, 0.3) is 0 Å². The summed E-state index contributed by atoms with van der Waals surface area (Å²) in [6.07, 6.45) is 4.31. The van der Waals surface area contributed by atoms with Gasteiger partial charge in [-0.15, -0.1) is 0 Å². The average Bonchev–Trinajstić information content (AvgIpc) is 3.30. The lowest BCUT2D eigenvalue weighted by Crippen LogP contribution is -2.38. The fourth-order valence-corrected chi connectivity index (χ4v) is 4.32. The van der Waals surface area contributed by atoms with Crippen LogP contribution in [0.4, 0.5) is 4.39 Å². The number of aliphatic hydroxyl groups excluding tert-OH is 1. The zero-order valence-corrected chi connectivity index (χ0v) is 12.8. The standard InChI is InChI=1S/C15H20FNO3S/c1-9-6-13(7-12(8-18)14(9)16)21(19,20)17-15(10-2-3-10)11-4-5-11/h6-7,10-11,15,17-18H,2-5,8H2,1H3. The topological polar surface area (TPSA) is 66.4 Å². The van der Waals surface area contributed by atoms with Gasteiger partial charge in [0.2, 0.25) is 10.0 Å². The minimum atomic E-state index is -3.67. The fraction of sp³-hybridized carbons (Fsp3) is 0.600. The zero-order valence-electron chi connectivity index (χ0n) is 12.0. The first-order valence-electron chi connectivity index (χ1n) is 7.34. The predicted octanol–water partition coefficient (Wildman–Crippen LogP) is 2.09. The molecule has 0 aliphatic heterocycles. The lowest BCUT2D eigenvalue weighted by Gasteiger charge is -2.18. The molecule has 2 aliphatic carbocycles. The lowest BCUT2D eigenvalue weighted by molar-refractivity contribution is 0.275. The molecule has 0 saturated heterocycles. The molecule has 0 bridgehead atoms. The highest BCUT2D eigenvalue weighted by Crippen LogP contribution is 2.45. The van der Waals surface area contributed by atoms with E-state index in [9.17, 15) is 12.8 Å². The second kappa shape index (κ2) is 5.34. The summed E-state index contributed by atoms with van der Waals surface area (Å²) in [7, 11) is -3.67. The highest BCUT2D eigenvalue weighted by atomic mass is 32.2. The van der Waals surface area contributed by atoms with E-state index in [0.717, 1.165) is 25.7 Å². The molecule has 0 aromatic heterocycles. The van der Waals surface area contributed by atoms with Gasteiger partial charge in [0, 0.05) is 11.6 Å². The molecule has 0 amide bonds. The summed E-state index contributed by atoms with van der Waals surface area (Å²) >= 11 is 0. The summed E-state index contributed by atoms with van der Waals surface area (Å²) in [4.78, 5) is 0.0387. The lowest BCUT2D eigenvalue weighted by atomic mass is 10.1. The van der Waals surface area contributed by atoms with Crippen molar-refractivity contribution in [3.63, 3.8) is 0 Å². The molecule has 2 saturated carbocycles. The molecule has 4 nitrogen and oxygen atoms in total. The van der Waals surface area contributed by atoms with Crippen molar-refractivity contribution in [2.24, 2.45) is 11.8 Å². The van der Waals surface area contributed by atoms with E-state index >= 15 is 0 Å². The highest BCUT2D eigenvalue weighted by Gasteiger charge is 2.43. The zero-order chi connectivity index (χ0) is 15.2. The van der Waals surface area contributed by atoms with Crippen molar-refractivity contribution in [3.05, 3.63) is 29.1 Å². The molecule has 0 spiro atoms. The van der Waals surface area contributed by atoms with Crippen LogP contribution in [-0.4, -0.2) is 19.6 Å². The van der Waals surface area contributed by atoms with Crippen molar-refractivity contribution in [3.8, 4) is 0 Å². The molecule has 1 aromatic carbocycles. The van der Waals surface area contributed by atoms with Crippen molar-refractivity contribution < 1.29 is 17.9 Å². The first-order chi connectivity index (χ1) is 9.92. The smallest absolute Gasteiger partial charge is 0.240 e. The minimum absolute atomic E-state index is 0.0120. The Hall–Kier alpha value is -0.980. The van der Waals surface area contributed by atoms with E-state index in [1.165, 1.54) is 19.1 Å². The number of halogens is 1. The third-order valence-electron chi connectivity index (χ3n) is 4.34. The molecule has 0 radical (unpaired) electrons. The van der Waals surface area contributed by atoms with Gasteiger partial charge in [0.05, 0.1) is 11.5 Å². The van der Waals surface area contributed by atoms with Gasteiger partial charge in [-0.2, -0.15) is 0 Å². The molecule has 3 rings (SSSR count). The number of hydrogen-bond donors (Lipinski definition) is 2. The van der Waals surface area contributed by atoms with Gasteiger partial charge >= 0.3 is 0 Å². The van der Waals surface area contributed by atoms with Crippen LogP contribution < -0.4 is 4.72 Å². The van der Waals surface area contributed by atoms with Crippen LogP contribution in [0.1, 0.15) is 36.8 Å². The Morgan fingerprint density at radius 1 is 1.29 bits per heavy atom. The Kier molecular flexibility index (Phi) is 3.80. The molecule has 0 unspecified atom stereocenters. The number of rotatable bonds is 6. The molecule has 1 aromatic rings. The molecule has 0 atom stereocenters. The van der Waals surface area contributed by atoms with Crippen LogP contribution in [0.3, 0.4) is 0 Å². The Morgan fingerprint density at radius 3 is 2.33 bits per heavy atom. The second-order valence-electron chi connectivity index (χ2n) is 6.19. The summed E-state index contributed by atoms with van der Waals surface area (Å²) in [5.74, 6) is 0.356. The van der Waals surface area contributed by atoms with Crippen LogP contribution >= 0.6 is 0 Å². The molecule has 0 heterocycles. The largest absolute Gasteiger partial charge is 0.392 e. The molecule has 2 aliphatic rings. The van der Waals surface area contributed by atoms with Crippen LogP contribution in [0.25, 0.3) is 0 Å². The van der Waals surface area contributed by atoms with Crippen LogP contribution in [0.15, 0.2) is 17.0 Å². The number of hydrogen-bond acceptors (Lipinski definition) is 3. The van der Waals surface area contributed by atoms with E-state index in [2.05, 4.69) is 4.72 Å². The van der Waals surface area contributed by atoms with Gasteiger partial charge in [0.15, 0.2) is 0 Å². The number of nitrogens with one attached hydrogen (secondary N) is 1. The maximum atomic E-state index is 13.7. The van der Waals surface area contributed by atoms with Crippen molar-refractivity contribution in [1.82, 2.24) is 4.72 Å². The first kappa shape index (κ1) is 14.9. The molecule has 6 heteroatoms. The maximum absolute atomic E-state index is 13.7. The SMILES string of the molecule is Cc1cc(S(=O)(=O)NC(C2CC2)C2CC2)cc(CO)c1F. The third kappa shape index (κ3) is 3.12. The summed E-state index contributed by atoms with van der Waals surface area (Å²) in [5, 5.41) is 9.16. The Balaban J connectivity index is 1.88. The van der Waals surface area contributed by atoms with E-state index < -0.39 is 22.4 Å². The summed E-state index contributed by atoms with van der Waals surface area (Å²) < 4.78 is 41.6. The summed E-state index contributed by atoms with van der Waals surface area (Å²) in [6.45, 7) is 0.998. The number of benzene rings is 1. The van der Waals surface area contributed by atoms with Crippen molar-refractivity contribution in [1.29, 1.82) is 0 Å². The van der Waals surface area contributed by atoms with E-state index in [0.29, 0.717) is 11.8 Å². The Labute approximate surface area is 124 Å². The van der Waals surface area contributed by atoms with Crippen LogP contribution in [0.2, 0.25) is 0 Å². The Bertz CT molecular complexity index is 639. The molecule has 2 N–H and O–H groups in total. The van der Waals surface area contributed by atoms with Gasteiger partial charge in [0.1, 0.15) is 5.82 Å². The van der Waals surface area contributed by atoms with E-state index in [-0.39, 0.29) is 22.1 Å². The normalized spacial score (nSPS) is 19.2. The van der Waals surface area contributed by atoms with Gasteiger partial charge in [-0.3, -0.25) is 0 Å². The second-order valence-corrected chi connectivity index (χ2v) is 7.91. The third-order valence-corrected chi connectivity index (χ3v) is 5.77. The molecule has 21 heavy (non-hydrogen) atoms. The van der Waals surface area contributed by atoms with Crippen molar-refractivity contribution >= 4 is 10.0 Å². The average molecular weight is 313 g/mol. The van der Waals surface area contributed by atoms with Gasteiger partial charge in [-0.1, -0.05) is 0 Å². The molecule has 2 fully saturated rings.